The van der Waals surface area contributed by atoms with E-state index in [-0.39, 0.29) is 13.2 Å². The van der Waals surface area contributed by atoms with Crippen LogP contribution in [0.3, 0.4) is 0 Å². The number of oxazole rings is 1. The lowest BCUT2D eigenvalue weighted by Gasteiger charge is -2.17. The van der Waals surface area contributed by atoms with Gasteiger partial charge in [0.2, 0.25) is 0 Å². The molecule has 9 nitrogen and oxygen atoms in total. The Morgan fingerprint density at radius 1 is 1.06 bits per heavy atom. The summed E-state index contributed by atoms with van der Waals surface area (Å²) in [6.45, 7) is 3.24. The fourth-order valence-electron chi connectivity index (χ4n) is 2.87. The molecule has 0 radical (unpaired) electrons. The number of rotatable bonds is 7. The highest BCUT2D eigenvalue weighted by Crippen LogP contribution is 2.12. The first kappa shape index (κ1) is 21.8. The van der Waals surface area contributed by atoms with Crippen molar-refractivity contribution in [2.45, 2.75) is 32.9 Å². The molecule has 2 aromatic carbocycles. The van der Waals surface area contributed by atoms with E-state index in [1.165, 1.54) is 4.57 Å². The predicted octanol–water partition coefficient (Wildman–Crippen LogP) is 1.98. The quantitative estimate of drug-likeness (QED) is 0.441. The average Bonchev–Trinajstić information content (AvgIpc) is 3.07. The highest BCUT2D eigenvalue weighted by atomic mass is 16.5. The standard InChI is InChI=1S/C22H23N3O6/c1-3-15(23-20(27)21(28)24-16-10-8-14(2)9-11-16)13-30-19(26)12-25-17-6-4-5-7-18(17)31-22(25)29/h4-11,15H,3,12-13H2,1-2H3,(H,23,27)(H,24,28). The number of nitrogens with one attached hydrogen (secondary N) is 2. The van der Waals surface area contributed by atoms with Crippen molar-refractivity contribution in [3.8, 4) is 0 Å². The molecule has 162 valence electrons. The predicted molar refractivity (Wildman–Crippen MR) is 113 cm³/mol. The third-order valence-electron chi connectivity index (χ3n) is 4.65. The van der Waals surface area contributed by atoms with E-state index in [4.69, 9.17) is 9.15 Å². The molecule has 9 heteroatoms. The van der Waals surface area contributed by atoms with Crippen LogP contribution in [0, 0.1) is 6.92 Å². The Balaban J connectivity index is 1.52. The van der Waals surface area contributed by atoms with E-state index in [0.717, 1.165) is 5.56 Å². The van der Waals surface area contributed by atoms with Crippen molar-refractivity contribution >= 4 is 34.6 Å². The van der Waals surface area contributed by atoms with Gasteiger partial charge in [0, 0.05) is 5.69 Å². The van der Waals surface area contributed by atoms with Crippen LogP contribution in [0.4, 0.5) is 5.69 Å². The third-order valence-corrected chi connectivity index (χ3v) is 4.65. The van der Waals surface area contributed by atoms with E-state index in [9.17, 15) is 19.2 Å². The highest BCUT2D eigenvalue weighted by Gasteiger charge is 2.20. The number of aromatic nitrogens is 1. The molecule has 0 aliphatic heterocycles. The van der Waals surface area contributed by atoms with E-state index in [0.29, 0.717) is 23.2 Å². The molecule has 1 heterocycles. The van der Waals surface area contributed by atoms with Crippen LogP contribution in [0.5, 0.6) is 0 Å². The number of fused-ring (bicyclic) bond motifs is 1. The number of nitrogens with zero attached hydrogens (tertiary/aromatic N) is 1. The molecule has 0 spiro atoms. The van der Waals surface area contributed by atoms with Crippen LogP contribution in [0.1, 0.15) is 18.9 Å². The summed E-state index contributed by atoms with van der Waals surface area (Å²) in [5.41, 5.74) is 2.39. The zero-order chi connectivity index (χ0) is 22.4. The van der Waals surface area contributed by atoms with E-state index in [2.05, 4.69) is 10.6 Å². The van der Waals surface area contributed by atoms with Gasteiger partial charge in [-0.2, -0.15) is 0 Å². The summed E-state index contributed by atoms with van der Waals surface area (Å²) in [4.78, 5) is 48.4. The molecule has 0 aliphatic carbocycles. The second kappa shape index (κ2) is 9.75. The average molecular weight is 425 g/mol. The molecule has 1 aromatic heterocycles. The molecule has 0 aliphatic rings. The summed E-state index contributed by atoms with van der Waals surface area (Å²) in [7, 11) is 0. The number of hydrogen-bond acceptors (Lipinski definition) is 6. The second-order valence-corrected chi connectivity index (χ2v) is 7.00. The fourth-order valence-corrected chi connectivity index (χ4v) is 2.87. The number of para-hydroxylation sites is 2. The van der Waals surface area contributed by atoms with Gasteiger partial charge in [-0.3, -0.25) is 19.0 Å². The van der Waals surface area contributed by atoms with Crippen LogP contribution in [-0.4, -0.2) is 35.0 Å². The number of aryl methyl sites for hydroxylation is 1. The largest absolute Gasteiger partial charge is 0.462 e. The number of esters is 1. The molecule has 1 unspecified atom stereocenters. The van der Waals surface area contributed by atoms with Gasteiger partial charge in [0.1, 0.15) is 13.2 Å². The minimum atomic E-state index is -0.833. The van der Waals surface area contributed by atoms with Crippen LogP contribution in [0.15, 0.2) is 57.7 Å². The van der Waals surface area contributed by atoms with Crippen molar-refractivity contribution in [3.05, 3.63) is 64.6 Å². The van der Waals surface area contributed by atoms with Crippen molar-refractivity contribution in [3.63, 3.8) is 0 Å². The van der Waals surface area contributed by atoms with Crippen molar-refractivity contribution in [1.29, 1.82) is 0 Å². The maximum Gasteiger partial charge on any atom is 0.420 e. The van der Waals surface area contributed by atoms with Gasteiger partial charge in [-0.25, -0.2) is 4.79 Å². The molecule has 3 rings (SSSR count). The summed E-state index contributed by atoms with van der Waals surface area (Å²) in [6, 6.07) is 13.2. The molecule has 0 saturated heterocycles. The third kappa shape index (κ3) is 5.59. The van der Waals surface area contributed by atoms with Crippen LogP contribution < -0.4 is 16.4 Å². The molecular weight excluding hydrogens is 402 g/mol. The maximum atomic E-state index is 12.2. The van der Waals surface area contributed by atoms with E-state index in [1.54, 1.807) is 43.3 Å². The van der Waals surface area contributed by atoms with Crippen LogP contribution >= 0.6 is 0 Å². The number of amides is 2. The molecule has 31 heavy (non-hydrogen) atoms. The van der Waals surface area contributed by atoms with Crippen LogP contribution in [0.2, 0.25) is 0 Å². The smallest absolute Gasteiger partial charge is 0.420 e. The number of hydrogen-bond donors (Lipinski definition) is 2. The SMILES string of the molecule is CCC(COC(=O)Cn1c(=O)oc2ccccc21)NC(=O)C(=O)Nc1ccc(C)cc1. The first-order valence-electron chi connectivity index (χ1n) is 9.80. The van der Waals surface area contributed by atoms with Gasteiger partial charge in [-0.15, -0.1) is 0 Å². The number of ether oxygens (including phenoxy) is 1. The fraction of sp³-hybridized carbons (Fsp3) is 0.273. The number of carbonyl (C=O) groups excluding carboxylic acids is 3. The molecule has 0 saturated carbocycles. The molecule has 2 N–H and O–H groups in total. The Labute approximate surface area is 178 Å². The van der Waals surface area contributed by atoms with Crippen molar-refractivity contribution < 1.29 is 23.5 Å². The maximum absolute atomic E-state index is 12.2. The topological polar surface area (TPSA) is 120 Å². The number of anilines is 1. The molecule has 3 aromatic rings. The van der Waals surface area contributed by atoms with Gasteiger partial charge < -0.3 is 19.8 Å². The summed E-state index contributed by atoms with van der Waals surface area (Å²) >= 11 is 0. The zero-order valence-electron chi connectivity index (χ0n) is 17.2. The van der Waals surface area contributed by atoms with E-state index in [1.807, 2.05) is 19.1 Å². The molecule has 0 bridgehead atoms. The Hall–Kier alpha value is -3.88. The summed E-state index contributed by atoms with van der Waals surface area (Å²) in [5, 5.41) is 5.05. The van der Waals surface area contributed by atoms with Gasteiger partial charge in [0.05, 0.1) is 11.6 Å². The summed E-state index contributed by atoms with van der Waals surface area (Å²) < 4.78 is 11.4. The monoisotopic (exact) mass is 425 g/mol. The van der Waals surface area contributed by atoms with Gasteiger partial charge >= 0.3 is 23.5 Å². The van der Waals surface area contributed by atoms with E-state index < -0.39 is 29.6 Å². The van der Waals surface area contributed by atoms with Crippen molar-refractivity contribution in [2.75, 3.05) is 11.9 Å². The summed E-state index contributed by atoms with van der Waals surface area (Å²) in [5.74, 6) is -2.97. The minimum Gasteiger partial charge on any atom is -0.462 e. The second-order valence-electron chi connectivity index (χ2n) is 7.00. The number of benzene rings is 2. The normalized spacial score (nSPS) is 11.7. The highest BCUT2D eigenvalue weighted by molar-refractivity contribution is 6.39. The molecular formula is C22H23N3O6. The minimum absolute atomic E-state index is 0.135. The van der Waals surface area contributed by atoms with Gasteiger partial charge in [0.15, 0.2) is 5.58 Å². The molecule has 2 amide bonds. The molecule has 1 atom stereocenters. The Kier molecular flexibility index (Phi) is 6.86. The van der Waals surface area contributed by atoms with Crippen LogP contribution in [-0.2, 0) is 25.7 Å². The Morgan fingerprint density at radius 2 is 1.77 bits per heavy atom. The lowest BCUT2D eigenvalue weighted by atomic mass is 10.2. The summed E-state index contributed by atoms with van der Waals surface area (Å²) in [6.07, 6.45) is 0.436. The number of carbonyl (C=O) groups is 3. The lowest BCUT2D eigenvalue weighted by molar-refractivity contribution is -0.146. The Morgan fingerprint density at radius 3 is 2.48 bits per heavy atom. The van der Waals surface area contributed by atoms with Gasteiger partial charge in [0.25, 0.3) is 0 Å². The Bertz CT molecular complexity index is 1150. The first-order chi connectivity index (χ1) is 14.9. The van der Waals surface area contributed by atoms with Crippen molar-refractivity contribution in [2.24, 2.45) is 0 Å². The van der Waals surface area contributed by atoms with Gasteiger partial charge in [-0.1, -0.05) is 36.8 Å². The molecule has 0 fully saturated rings. The zero-order valence-corrected chi connectivity index (χ0v) is 17.2. The van der Waals surface area contributed by atoms with Crippen LogP contribution in [0.25, 0.3) is 11.1 Å². The van der Waals surface area contributed by atoms with Gasteiger partial charge in [-0.05, 0) is 37.6 Å². The van der Waals surface area contributed by atoms with E-state index >= 15 is 0 Å². The van der Waals surface area contributed by atoms with Crippen molar-refractivity contribution in [1.82, 2.24) is 9.88 Å². The first-order valence-corrected chi connectivity index (χ1v) is 9.80. The lowest BCUT2D eigenvalue weighted by Crippen LogP contribution is -2.44.